The third kappa shape index (κ3) is 3.85. The van der Waals surface area contributed by atoms with Crippen LogP contribution in [0.15, 0.2) is 22.7 Å². The van der Waals surface area contributed by atoms with E-state index in [4.69, 9.17) is 4.74 Å². The summed E-state index contributed by atoms with van der Waals surface area (Å²) in [5.41, 5.74) is 1.10. The Morgan fingerprint density at radius 2 is 2.10 bits per heavy atom. The lowest BCUT2D eigenvalue weighted by Gasteiger charge is -2.43. The van der Waals surface area contributed by atoms with E-state index in [9.17, 15) is 4.39 Å². The number of hydrogen-bond donors (Lipinski definition) is 1. The van der Waals surface area contributed by atoms with Crippen LogP contribution < -0.4 is 5.32 Å². The smallest absolute Gasteiger partial charge is 0.123 e. The molecule has 1 N–H and O–H groups in total. The number of rotatable bonds is 3. The van der Waals surface area contributed by atoms with Crippen molar-refractivity contribution in [1.29, 1.82) is 0 Å². The Hall–Kier alpha value is -0.450. The topological polar surface area (TPSA) is 21.3 Å². The zero-order valence-electron chi connectivity index (χ0n) is 12.3. The van der Waals surface area contributed by atoms with Crippen LogP contribution in [-0.2, 0) is 11.3 Å². The Morgan fingerprint density at radius 3 is 2.90 bits per heavy atom. The highest BCUT2D eigenvalue weighted by Gasteiger charge is 2.38. The largest absolute Gasteiger partial charge is 0.375 e. The molecule has 1 aliphatic heterocycles. The highest BCUT2D eigenvalue weighted by molar-refractivity contribution is 9.10. The lowest BCUT2D eigenvalue weighted by atomic mass is 9.78. The van der Waals surface area contributed by atoms with Crippen LogP contribution in [0.4, 0.5) is 4.39 Å². The molecule has 1 aromatic rings. The van der Waals surface area contributed by atoms with Gasteiger partial charge >= 0.3 is 0 Å². The molecule has 1 aromatic carbocycles. The standard InChI is InChI=1S/C17H23BrFNO/c18-16-5-4-14(19)10-13(16)12-20-15-6-9-21-17(11-15)7-2-1-3-8-17/h4-5,10,15,20H,1-3,6-9,11-12H2. The number of nitrogens with one attached hydrogen (secondary N) is 1. The highest BCUT2D eigenvalue weighted by Crippen LogP contribution is 2.38. The van der Waals surface area contributed by atoms with Crippen molar-refractivity contribution in [2.75, 3.05) is 6.61 Å². The van der Waals surface area contributed by atoms with Gasteiger partial charge < -0.3 is 10.1 Å². The monoisotopic (exact) mass is 355 g/mol. The van der Waals surface area contributed by atoms with Gasteiger partial charge in [-0.3, -0.25) is 0 Å². The van der Waals surface area contributed by atoms with Gasteiger partial charge in [0.2, 0.25) is 0 Å². The Morgan fingerprint density at radius 1 is 1.29 bits per heavy atom. The van der Waals surface area contributed by atoms with E-state index >= 15 is 0 Å². The minimum absolute atomic E-state index is 0.118. The van der Waals surface area contributed by atoms with Crippen LogP contribution in [0, 0.1) is 5.82 Å². The first-order valence-corrected chi connectivity index (χ1v) is 8.77. The molecule has 2 nitrogen and oxygen atoms in total. The Labute approximate surface area is 134 Å². The summed E-state index contributed by atoms with van der Waals surface area (Å²) in [6, 6.07) is 5.34. The first kappa shape index (κ1) is 15.4. The van der Waals surface area contributed by atoms with E-state index in [0.29, 0.717) is 12.6 Å². The van der Waals surface area contributed by atoms with E-state index in [1.165, 1.54) is 38.2 Å². The van der Waals surface area contributed by atoms with Crippen LogP contribution in [0.5, 0.6) is 0 Å². The van der Waals surface area contributed by atoms with E-state index in [-0.39, 0.29) is 11.4 Å². The normalized spacial score (nSPS) is 25.1. The van der Waals surface area contributed by atoms with Crippen molar-refractivity contribution in [2.45, 2.75) is 63.1 Å². The van der Waals surface area contributed by atoms with Gasteiger partial charge in [0, 0.05) is 23.7 Å². The summed E-state index contributed by atoms with van der Waals surface area (Å²) in [5, 5.41) is 3.60. The second-order valence-corrected chi connectivity index (χ2v) is 7.25. The molecule has 0 bridgehead atoms. The van der Waals surface area contributed by atoms with Crippen LogP contribution in [0.2, 0.25) is 0 Å². The summed E-state index contributed by atoms with van der Waals surface area (Å²) >= 11 is 3.49. The average Bonchev–Trinajstić information content (AvgIpc) is 2.49. The van der Waals surface area contributed by atoms with E-state index in [1.54, 1.807) is 12.1 Å². The molecule has 1 heterocycles. The fourth-order valence-corrected chi connectivity index (χ4v) is 4.07. The number of halogens is 2. The zero-order valence-corrected chi connectivity index (χ0v) is 13.9. The summed E-state index contributed by atoms with van der Waals surface area (Å²) < 4.78 is 20.4. The third-order valence-corrected chi connectivity index (χ3v) is 5.62. The van der Waals surface area contributed by atoms with Crippen LogP contribution in [0.25, 0.3) is 0 Å². The van der Waals surface area contributed by atoms with Gasteiger partial charge in [0.15, 0.2) is 0 Å². The zero-order chi connectivity index (χ0) is 14.7. The fraction of sp³-hybridized carbons (Fsp3) is 0.647. The van der Waals surface area contributed by atoms with Crippen molar-refractivity contribution in [3.05, 3.63) is 34.1 Å². The number of hydrogen-bond acceptors (Lipinski definition) is 2. The summed E-state index contributed by atoms with van der Waals surface area (Å²) in [6.07, 6.45) is 8.49. The molecule has 1 saturated heterocycles. The summed E-state index contributed by atoms with van der Waals surface area (Å²) in [5.74, 6) is -0.175. The molecule has 0 radical (unpaired) electrons. The molecule has 1 atom stereocenters. The molecule has 1 saturated carbocycles. The van der Waals surface area contributed by atoms with Crippen molar-refractivity contribution in [2.24, 2.45) is 0 Å². The minimum atomic E-state index is -0.175. The quantitative estimate of drug-likeness (QED) is 0.857. The molecule has 116 valence electrons. The molecule has 4 heteroatoms. The van der Waals surface area contributed by atoms with Crippen LogP contribution in [-0.4, -0.2) is 18.2 Å². The van der Waals surface area contributed by atoms with E-state index in [2.05, 4.69) is 21.2 Å². The molecule has 3 rings (SSSR count). The van der Waals surface area contributed by atoms with Crippen LogP contribution in [0.3, 0.4) is 0 Å². The molecule has 1 spiro atoms. The third-order valence-electron chi connectivity index (χ3n) is 4.85. The first-order chi connectivity index (χ1) is 10.2. The fourth-order valence-electron chi connectivity index (χ4n) is 3.68. The van der Waals surface area contributed by atoms with E-state index in [1.807, 2.05) is 0 Å². The Bertz CT molecular complexity index is 482. The predicted molar refractivity (Wildman–Crippen MR) is 85.7 cm³/mol. The minimum Gasteiger partial charge on any atom is -0.375 e. The maximum absolute atomic E-state index is 13.3. The second kappa shape index (κ2) is 6.76. The van der Waals surface area contributed by atoms with Crippen molar-refractivity contribution in [3.8, 4) is 0 Å². The van der Waals surface area contributed by atoms with Crippen LogP contribution in [0.1, 0.15) is 50.5 Å². The summed E-state index contributed by atoms with van der Waals surface area (Å²) in [7, 11) is 0. The lowest BCUT2D eigenvalue weighted by Crippen LogP contribution is -2.47. The summed E-state index contributed by atoms with van der Waals surface area (Å²) in [4.78, 5) is 0. The maximum Gasteiger partial charge on any atom is 0.123 e. The molecular formula is C17H23BrFNO. The first-order valence-electron chi connectivity index (χ1n) is 7.98. The van der Waals surface area contributed by atoms with Gasteiger partial charge in [-0.2, -0.15) is 0 Å². The van der Waals surface area contributed by atoms with Gasteiger partial charge in [-0.15, -0.1) is 0 Å². The molecule has 2 aliphatic rings. The molecule has 0 amide bonds. The molecule has 1 unspecified atom stereocenters. The Balaban J connectivity index is 1.58. The van der Waals surface area contributed by atoms with Gasteiger partial charge in [0.05, 0.1) is 5.60 Å². The molecular weight excluding hydrogens is 333 g/mol. The summed E-state index contributed by atoms with van der Waals surface area (Å²) in [6.45, 7) is 1.56. The van der Waals surface area contributed by atoms with Crippen molar-refractivity contribution in [3.63, 3.8) is 0 Å². The predicted octanol–water partition coefficient (Wildman–Crippen LogP) is 4.56. The van der Waals surface area contributed by atoms with Gasteiger partial charge in [-0.05, 0) is 49.4 Å². The highest BCUT2D eigenvalue weighted by atomic mass is 79.9. The Kier molecular flexibility index (Phi) is 4.97. The lowest BCUT2D eigenvalue weighted by molar-refractivity contribution is -0.109. The maximum atomic E-state index is 13.3. The van der Waals surface area contributed by atoms with E-state index < -0.39 is 0 Å². The number of benzene rings is 1. The van der Waals surface area contributed by atoms with Gasteiger partial charge in [0.25, 0.3) is 0 Å². The second-order valence-electron chi connectivity index (χ2n) is 6.40. The van der Waals surface area contributed by atoms with Crippen molar-refractivity contribution >= 4 is 15.9 Å². The van der Waals surface area contributed by atoms with Crippen LogP contribution >= 0.6 is 15.9 Å². The number of ether oxygens (including phenoxy) is 1. The van der Waals surface area contributed by atoms with Gasteiger partial charge in [0.1, 0.15) is 5.82 Å². The molecule has 2 fully saturated rings. The molecule has 21 heavy (non-hydrogen) atoms. The molecule has 1 aliphatic carbocycles. The van der Waals surface area contributed by atoms with Crippen molar-refractivity contribution < 1.29 is 9.13 Å². The molecule has 0 aromatic heterocycles. The van der Waals surface area contributed by atoms with Gasteiger partial charge in [-0.25, -0.2) is 4.39 Å². The average molecular weight is 356 g/mol. The van der Waals surface area contributed by atoms with Crippen molar-refractivity contribution in [1.82, 2.24) is 5.32 Å². The van der Waals surface area contributed by atoms with Gasteiger partial charge in [-0.1, -0.05) is 35.2 Å². The van der Waals surface area contributed by atoms with E-state index in [0.717, 1.165) is 29.5 Å². The SMILES string of the molecule is Fc1ccc(Br)c(CNC2CCOC3(CCCCC3)C2)c1.